The molecule has 0 saturated heterocycles. The second-order valence-corrected chi connectivity index (χ2v) is 18.4. The molecule has 322 valence electrons. The second kappa shape index (κ2) is 15.6. The van der Waals surface area contributed by atoms with Gasteiger partial charge >= 0.3 is 0 Å². The van der Waals surface area contributed by atoms with E-state index < -0.39 is 5.41 Å². The Kier molecular flexibility index (Phi) is 8.84. The molecule has 1 heterocycles. The first-order valence-electron chi connectivity index (χ1n) is 23.8. The molecule has 12 aromatic rings. The van der Waals surface area contributed by atoms with Gasteiger partial charge in [-0.3, -0.25) is 0 Å². The Hall–Kier alpha value is -8.98. The van der Waals surface area contributed by atoms with E-state index in [-0.39, 0.29) is 0 Å². The van der Waals surface area contributed by atoms with Crippen LogP contribution >= 0.6 is 0 Å². The van der Waals surface area contributed by atoms with Crippen molar-refractivity contribution in [2.24, 2.45) is 0 Å². The van der Waals surface area contributed by atoms with Crippen molar-refractivity contribution in [1.29, 1.82) is 0 Å². The molecular weight excluding hydrogens is 835 g/mol. The predicted octanol–water partition coefficient (Wildman–Crippen LogP) is 18.1. The molecule has 0 bridgehead atoms. The van der Waals surface area contributed by atoms with Gasteiger partial charge in [-0.25, -0.2) is 0 Å². The lowest BCUT2D eigenvalue weighted by Crippen LogP contribution is -2.26. The van der Waals surface area contributed by atoms with E-state index in [0.29, 0.717) is 0 Å². The fraction of sp³-hybridized carbons (Fsp3) is 0.0149. The van der Waals surface area contributed by atoms with Crippen molar-refractivity contribution < 1.29 is 4.42 Å². The van der Waals surface area contributed by atoms with E-state index >= 15 is 0 Å². The van der Waals surface area contributed by atoms with Crippen molar-refractivity contribution in [2.75, 3.05) is 4.90 Å². The number of anilines is 3. The van der Waals surface area contributed by atoms with Gasteiger partial charge in [0, 0.05) is 33.4 Å². The lowest BCUT2D eigenvalue weighted by atomic mass is 9.70. The number of nitrogens with zero attached hydrogens (tertiary/aromatic N) is 1. The molecule has 0 aliphatic heterocycles. The van der Waals surface area contributed by atoms with Gasteiger partial charge in [0.05, 0.1) is 5.41 Å². The van der Waals surface area contributed by atoms with Gasteiger partial charge in [-0.2, -0.15) is 0 Å². The standard InChI is InChI=1S/C67H43NO/c1-3-14-44(15-4-1)45-26-28-46(29-27-45)47-30-35-51(36-31-47)68(52-37-32-48(33-38-52)50-34-41-65-60(42-50)59-22-13-21-54(66(59)69-65)49-16-5-2-6-17-49)53-39-40-58-57-20-9-12-25-63(57)67(64(58)43-53)61-23-10-7-18-55(61)56-19-8-11-24-62(56)67/h1-43H. The Labute approximate surface area is 401 Å². The Bertz CT molecular complexity index is 3860. The maximum absolute atomic E-state index is 6.56. The van der Waals surface area contributed by atoms with Crippen LogP contribution in [0.3, 0.4) is 0 Å². The zero-order chi connectivity index (χ0) is 45.5. The number of hydrogen-bond acceptors (Lipinski definition) is 2. The average molecular weight is 878 g/mol. The molecule has 2 aliphatic carbocycles. The highest BCUT2D eigenvalue weighted by Gasteiger charge is 2.51. The summed E-state index contributed by atoms with van der Waals surface area (Å²) in [5, 5.41) is 2.24. The maximum Gasteiger partial charge on any atom is 0.143 e. The summed E-state index contributed by atoms with van der Waals surface area (Å²) in [6.45, 7) is 0. The topological polar surface area (TPSA) is 16.4 Å². The van der Waals surface area contributed by atoms with E-state index in [1.807, 2.05) is 0 Å². The van der Waals surface area contributed by atoms with Gasteiger partial charge in [0.1, 0.15) is 11.2 Å². The van der Waals surface area contributed by atoms with Crippen LogP contribution in [0.4, 0.5) is 17.1 Å². The van der Waals surface area contributed by atoms with Gasteiger partial charge < -0.3 is 9.32 Å². The fourth-order valence-electron chi connectivity index (χ4n) is 11.6. The lowest BCUT2D eigenvalue weighted by molar-refractivity contribution is 0.670. The minimum atomic E-state index is -0.446. The van der Waals surface area contributed by atoms with Crippen molar-refractivity contribution in [1.82, 2.24) is 0 Å². The number of furan rings is 1. The molecule has 0 unspecified atom stereocenters. The van der Waals surface area contributed by atoms with Crippen LogP contribution in [0.25, 0.3) is 88.7 Å². The number of para-hydroxylation sites is 1. The molecule has 1 spiro atoms. The van der Waals surface area contributed by atoms with Crippen LogP contribution in [0.2, 0.25) is 0 Å². The normalized spacial score (nSPS) is 12.8. The lowest BCUT2D eigenvalue weighted by Gasteiger charge is -2.32. The van der Waals surface area contributed by atoms with Gasteiger partial charge in [0.2, 0.25) is 0 Å². The molecule has 0 atom stereocenters. The van der Waals surface area contributed by atoms with E-state index in [1.54, 1.807) is 0 Å². The minimum Gasteiger partial charge on any atom is -0.455 e. The summed E-state index contributed by atoms with van der Waals surface area (Å²) in [5.41, 5.74) is 24.5. The van der Waals surface area contributed by atoms with E-state index in [9.17, 15) is 0 Å². The summed E-state index contributed by atoms with van der Waals surface area (Å²) in [5.74, 6) is 0. The molecule has 14 rings (SSSR count). The van der Waals surface area contributed by atoms with E-state index in [2.05, 4.69) is 266 Å². The average Bonchev–Trinajstić information content (AvgIpc) is 4.06. The van der Waals surface area contributed by atoms with Crippen LogP contribution < -0.4 is 4.90 Å². The first kappa shape index (κ1) is 39.2. The van der Waals surface area contributed by atoms with Crippen molar-refractivity contribution in [3.63, 3.8) is 0 Å². The molecular formula is C67H43NO. The fourth-order valence-corrected chi connectivity index (χ4v) is 11.6. The van der Waals surface area contributed by atoms with Crippen LogP contribution in [-0.4, -0.2) is 0 Å². The minimum absolute atomic E-state index is 0.446. The van der Waals surface area contributed by atoms with Crippen LogP contribution in [0.1, 0.15) is 22.3 Å². The maximum atomic E-state index is 6.56. The molecule has 2 nitrogen and oxygen atoms in total. The molecule has 0 amide bonds. The molecule has 0 N–H and O–H groups in total. The van der Waals surface area contributed by atoms with Crippen molar-refractivity contribution in [3.05, 3.63) is 283 Å². The van der Waals surface area contributed by atoms with Gasteiger partial charge in [-0.1, -0.05) is 212 Å². The zero-order valence-electron chi connectivity index (χ0n) is 37.7. The highest BCUT2D eigenvalue weighted by atomic mass is 16.3. The summed E-state index contributed by atoms with van der Waals surface area (Å²) in [6.07, 6.45) is 0. The monoisotopic (exact) mass is 877 g/mol. The third-order valence-corrected chi connectivity index (χ3v) is 14.7. The SMILES string of the molecule is c1ccc(-c2ccc(-c3ccc(N(c4ccc(-c5ccc6oc7c(-c8ccccc8)cccc7c6c5)cc4)c4ccc5c(c4)C4(c6ccccc6-c6ccccc64)c4ccccc4-5)cc3)cc2)cc1. The third-order valence-electron chi connectivity index (χ3n) is 14.7. The number of fused-ring (bicyclic) bond motifs is 13. The molecule has 0 radical (unpaired) electrons. The number of rotatable bonds is 7. The molecule has 0 saturated carbocycles. The first-order chi connectivity index (χ1) is 34.2. The van der Waals surface area contributed by atoms with Crippen LogP contribution in [-0.2, 0) is 5.41 Å². The molecule has 1 aromatic heterocycles. The van der Waals surface area contributed by atoms with E-state index in [4.69, 9.17) is 4.42 Å². The van der Waals surface area contributed by atoms with E-state index in [0.717, 1.165) is 61.3 Å². The summed E-state index contributed by atoms with van der Waals surface area (Å²) >= 11 is 0. The molecule has 11 aromatic carbocycles. The van der Waals surface area contributed by atoms with Crippen molar-refractivity contribution in [3.8, 4) is 66.8 Å². The van der Waals surface area contributed by atoms with Crippen LogP contribution in [0, 0.1) is 0 Å². The Morgan fingerprint density at radius 2 is 0.681 bits per heavy atom. The summed E-state index contributed by atoms with van der Waals surface area (Å²) in [6, 6.07) is 95.4. The predicted molar refractivity (Wildman–Crippen MR) is 286 cm³/mol. The second-order valence-electron chi connectivity index (χ2n) is 18.4. The zero-order valence-corrected chi connectivity index (χ0v) is 37.7. The largest absolute Gasteiger partial charge is 0.455 e. The van der Waals surface area contributed by atoms with Crippen LogP contribution in [0.5, 0.6) is 0 Å². The van der Waals surface area contributed by atoms with Crippen molar-refractivity contribution >= 4 is 39.0 Å². The Balaban J connectivity index is 0.896. The van der Waals surface area contributed by atoms with Crippen molar-refractivity contribution in [2.45, 2.75) is 5.41 Å². The summed E-state index contributed by atoms with van der Waals surface area (Å²) in [7, 11) is 0. The quantitative estimate of drug-likeness (QED) is 0.159. The summed E-state index contributed by atoms with van der Waals surface area (Å²) in [4.78, 5) is 2.42. The summed E-state index contributed by atoms with van der Waals surface area (Å²) < 4.78 is 6.56. The Morgan fingerprint density at radius 3 is 1.25 bits per heavy atom. The molecule has 2 heteroatoms. The number of benzene rings is 11. The van der Waals surface area contributed by atoms with Gasteiger partial charge in [-0.15, -0.1) is 0 Å². The molecule has 69 heavy (non-hydrogen) atoms. The third kappa shape index (κ3) is 6.06. The Morgan fingerprint density at radius 1 is 0.261 bits per heavy atom. The van der Waals surface area contributed by atoms with Gasteiger partial charge in [0.15, 0.2) is 0 Å². The highest BCUT2D eigenvalue weighted by molar-refractivity contribution is 6.10. The van der Waals surface area contributed by atoms with Gasteiger partial charge in [-0.05, 0) is 132 Å². The van der Waals surface area contributed by atoms with Crippen LogP contribution in [0.15, 0.2) is 265 Å². The smallest absolute Gasteiger partial charge is 0.143 e. The molecule has 2 aliphatic rings. The van der Waals surface area contributed by atoms with E-state index in [1.165, 1.54) is 66.8 Å². The van der Waals surface area contributed by atoms with Gasteiger partial charge in [0.25, 0.3) is 0 Å². The highest BCUT2D eigenvalue weighted by Crippen LogP contribution is 2.63. The molecule has 0 fully saturated rings. The first-order valence-corrected chi connectivity index (χ1v) is 23.8. The number of hydrogen-bond donors (Lipinski definition) is 0.